The highest BCUT2D eigenvalue weighted by atomic mass is 16.6. The first-order valence-corrected chi connectivity index (χ1v) is 11.2. The SMILES string of the molecule is COc1ccc(-c2ccnc(NC3COC4C(OC(=O)NCc5ccccc5)COC34)n2)cc1. The van der Waals surface area contributed by atoms with Crippen LogP contribution in [-0.4, -0.2) is 60.7 Å². The molecule has 4 unspecified atom stereocenters. The number of ether oxygens (including phenoxy) is 4. The Kier molecular flexibility index (Phi) is 6.55. The Bertz CT molecular complexity index is 1110. The molecule has 9 nitrogen and oxygen atoms in total. The van der Waals surface area contributed by atoms with Gasteiger partial charge in [0.15, 0.2) is 6.10 Å². The molecule has 3 aromatic rings. The largest absolute Gasteiger partial charge is 0.497 e. The molecule has 2 aromatic carbocycles. The first kappa shape index (κ1) is 22.1. The van der Waals surface area contributed by atoms with Crippen molar-refractivity contribution in [1.82, 2.24) is 15.3 Å². The van der Waals surface area contributed by atoms with Gasteiger partial charge < -0.3 is 29.6 Å². The van der Waals surface area contributed by atoms with Crippen molar-refractivity contribution < 1.29 is 23.7 Å². The number of fused-ring (bicyclic) bond motifs is 1. The number of aromatic nitrogens is 2. The van der Waals surface area contributed by atoms with E-state index in [4.69, 9.17) is 18.9 Å². The van der Waals surface area contributed by atoms with Crippen molar-refractivity contribution in [3.05, 3.63) is 72.4 Å². The fourth-order valence-electron chi connectivity index (χ4n) is 4.15. The molecule has 34 heavy (non-hydrogen) atoms. The molecule has 0 saturated carbocycles. The van der Waals surface area contributed by atoms with Gasteiger partial charge in [0, 0.05) is 18.3 Å². The van der Waals surface area contributed by atoms with E-state index in [1.54, 1.807) is 13.3 Å². The van der Waals surface area contributed by atoms with Gasteiger partial charge >= 0.3 is 6.09 Å². The lowest BCUT2D eigenvalue weighted by Gasteiger charge is -2.18. The Morgan fingerprint density at radius 3 is 2.62 bits per heavy atom. The van der Waals surface area contributed by atoms with Crippen molar-refractivity contribution in [3.8, 4) is 17.0 Å². The number of rotatable bonds is 7. The van der Waals surface area contributed by atoms with Crippen LogP contribution in [0.1, 0.15) is 5.56 Å². The molecule has 2 aliphatic heterocycles. The van der Waals surface area contributed by atoms with E-state index in [9.17, 15) is 4.79 Å². The van der Waals surface area contributed by atoms with Crippen LogP contribution in [0.25, 0.3) is 11.3 Å². The molecule has 2 aliphatic rings. The zero-order valence-electron chi connectivity index (χ0n) is 18.7. The Labute approximate surface area is 197 Å². The van der Waals surface area contributed by atoms with Gasteiger partial charge in [-0.3, -0.25) is 0 Å². The number of carbonyl (C=O) groups excluding carboxylic acids is 1. The van der Waals surface area contributed by atoms with Gasteiger partial charge in [-0.05, 0) is 35.9 Å². The molecule has 0 spiro atoms. The molecule has 0 bridgehead atoms. The van der Waals surface area contributed by atoms with Gasteiger partial charge in [0.05, 0.1) is 32.1 Å². The minimum Gasteiger partial charge on any atom is -0.497 e. The number of anilines is 1. The number of methoxy groups -OCH3 is 1. The average Bonchev–Trinajstić information content (AvgIpc) is 3.47. The summed E-state index contributed by atoms with van der Waals surface area (Å²) in [6.07, 6.45) is 0.137. The molecule has 4 atom stereocenters. The van der Waals surface area contributed by atoms with Crippen LogP contribution in [0.15, 0.2) is 66.9 Å². The minimum absolute atomic E-state index is 0.155. The number of hydrogen-bond donors (Lipinski definition) is 2. The lowest BCUT2D eigenvalue weighted by Crippen LogP contribution is -2.39. The summed E-state index contributed by atoms with van der Waals surface area (Å²) < 4.78 is 22.6. The van der Waals surface area contributed by atoms with E-state index in [1.807, 2.05) is 60.7 Å². The summed E-state index contributed by atoms with van der Waals surface area (Å²) >= 11 is 0. The molecule has 5 rings (SSSR count). The van der Waals surface area contributed by atoms with Crippen LogP contribution < -0.4 is 15.4 Å². The number of nitrogens with zero attached hydrogens (tertiary/aromatic N) is 2. The molecule has 9 heteroatoms. The monoisotopic (exact) mass is 462 g/mol. The van der Waals surface area contributed by atoms with Crippen LogP contribution in [0, 0.1) is 0 Å². The zero-order chi connectivity index (χ0) is 23.3. The number of amides is 1. The number of hydrogen-bond acceptors (Lipinski definition) is 8. The van der Waals surface area contributed by atoms with Crippen molar-refractivity contribution in [3.63, 3.8) is 0 Å². The van der Waals surface area contributed by atoms with Crippen molar-refractivity contribution in [2.45, 2.75) is 30.9 Å². The van der Waals surface area contributed by atoms with E-state index in [1.165, 1.54) is 0 Å². The fraction of sp³-hybridized carbons (Fsp3) is 0.320. The van der Waals surface area contributed by atoms with Gasteiger partial charge in [-0.2, -0.15) is 0 Å². The third kappa shape index (κ3) is 4.95. The maximum Gasteiger partial charge on any atom is 0.407 e. The minimum atomic E-state index is -0.492. The van der Waals surface area contributed by atoms with Crippen LogP contribution in [0.3, 0.4) is 0 Å². The summed E-state index contributed by atoms with van der Waals surface area (Å²) in [6.45, 7) is 1.07. The molecule has 2 fully saturated rings. The summed E-state index contributed by atoms with van der Waals surface area (Å²) in [6, 6.07) is 19.0. The molecule has 2 N–H and O–H groups in total. The molecule has 0 aliphatic carbocycles. The van der Waals surface area contributed by atoms with E-state index < -0.39 is 12.2 Å². The molecule has 176 valence electrons. The number of carbonyl (C=O) groups is 1. The van der Waals surface area contributed by atoms with E-state index >= 15 is 0 Å². The second-order valence-corrected chi connectivity index (χ2v) is 8.12. The van der Waals surface area contributed by atoms with E-state index in [-0.39, 0.29) is 24.9 Å². The predicted octanol–water partition coefficient (Wildman–Crippen LogP) is 3.03. The summed E-state index contributed by atoms with van der Waals surface area (Å²) in [5.74, 6) is 1.27. The van der Waals surface area contributed by atoms with Crippen LogP contribution in [0.5, 0.6) is 5.75 Å². The Hall–Kier alpha value is -3.69. The van der Waals surface area contributed by atoms with Crippen molar-refractivity contribution in [2.24, 2.45) is 0 Å². The second-order valence-electron chi connectivity index (χ2n) is 8.12. The standard InChI is InChI=1S/C25H26N4O5/c1-31-18-9-7-17(8-10-18)19-11-12-26-24(28-19)29-20-14-32-23-21(15-33-22(20)23)34-25(30)27-13-16-5-3-2-4-6-16/h2-12,20-23H,13-15H2,1H3,(H,27,30)(H,26,28,29). The molecule has 3 heterocycles. The van der Waals surface area contributed by atoms with Gasteiger partial charge in [-0.15, -0.1) is 0 Å². The second kappa shape index (κ2) is 10.1. The van der Waals surface area contributed by atoms with Crippen LogP contribution in [0.4, 0.5) is 10.7 Å². The van der Waals surface area contributed by atoms with Crippen LogP contribution in [0.2, 0.25) is 0 Å². The third-order valence-electron chi connectivity index (χ3n) is 5.90. The lowest BCUT2D eigenvalue weighted by atomic mass is 10.1. The van der Waals surface area contributed by atoms with Gasteiger partial charge in [-0.1, -0.05) is 30.3 Å². The van der Waals surface area contributed by atoms with Crippen LogP contribution >= 0.6 is 0 Å². The average molecular weight is 463 g/mol. The fourth-order valence-corrected chi connectivity index (χ4v) is 4.15. The maximum absolute atomic E-state index is 12.3. The van der Waals surface area contributed by atoms with Crippen molar-refractivity contribution in [2.75, 3.05) is 25.6 Å². The summed E-state index contributed by atoms with van der Waals surface area (Å²) in [4.78, 5) is 21.2. The van der Waals surface area contributed by atoms with E-state index in [0.717, 1.165) is 22.6 Å². The van der Waals surface area contributed by atoms with Crippen molar-refractivity contribution in [1.29, 1.82) is 0 Å². The van der Waals surface area contributed by atoms with E-state index in [2.05, 4.69) is 20.6 Å². The highest BCUT2D eigenvalue weighted by molar-refractivity contribution is 5.67. The van der Waals surface area contributed by atoms with E-state index in [0.29, 0.717) is 19.1 Å². The highest BCUT2D eigenvalue weighted by Gasteiger charge is 2.49. The zero-order valence-corrected chi connectivity index (χ0v) is 18.7. The number of nitrogens with one attached hydrogen (secondary N) is 2. The number of alkyl carbamates (subject to hydrolysis) is 1. The first-order valence-electron chi connectivity index (χ1n) is 11.2. The Balaban J connectivity index is 1.16. The van der Waals surface area contributed by atoms with Gasteiger partial charge in [0.1, 0.15) is 18.0 Å². The molecule has 0 radical (unpaired) electrons. The van der Waals surface area contributed by atoms with Gasteiger partial charge in [-0.25, -0.2) is 14.8 Å². The lowest BCUT2D eigenvalue weighted by molar-refractivity contribution is 0.00431. The van der Waals surface area contributed by atoms with Crippen LogP contribution in [-0.2, 0) is 20.8 Å². The summed E-state index contributed by atoms with van der Waals surface area (Å²) in [5, 5.41) is 6.08. The molecule has 1 amide bonds. The maximum atomic E-state index is 12.3. The van der Waals surface area contributed by atoms with Crippen molar-refractivity contribution >= 4 is 12.0 Å². The third-order valence-corrected chi connectivity index (χ3v) is 5.90. The topological polar surface area (TPSA) is 104 Å². The molecular formula is C25H26N4O5. The normalized spacial score (nSPS) is 23.2. The number of benzene rings is 2. The van der Waals surface area contributed by atoms with Gasteiger partial charge in [0.25, 0.3) is 0 Å². The summed E-state index contributed by atoms with van der Waals surface area (Å²) in [7, 11) is 1.64. The first-order chi connectivity index (χ1) is 16.7. The highest BCUT2D eigenvalue weighted by Crippen LogP contribution is 2.30. The molecular weight excluding hydrogens is 436 g/mol. The smallest absolute Gasteiger partial charge is 0.407 e. The quantitative estimate of drug-likeness (QED) is 0.552. The Morgan fingerprint density at radius 1 is 1.03 bits per heavy atom. The predicted molar refractivity (Wildman–Crippen MR) is 124 cm³/mol. The Morgan fingerprint density at radius 2 is 1.82 bits per heavy atom. The van der Waals surface area contributed by atoms with Gasteiger partial charge in [0.2, 0.25) is 5.95 Å². The molecule has 1 aromatic heterocycles. The molecule has 2 saturated heterocycles. The summed E-state index contributed by atoms with van der Waals surface area (Å²) in [5.41, 5.74) is 2.75.